The number of rotatable bonds is 6. The molecule has 1 aliphatic carbocycles. The van der Waals surface area contributed by atoms with Crippen LogP contribution in [0.1, 0.15) is 56.4 Å². The van der Waals surface area contributed by atoms with E-state index in [1.807, 2.05) is 6.07 Å². The smallest absolute Gasteiger partial charge is 0.270 e. The highest BCUT2D eigenvalue weighted by molar-refractivity contribution is 5.92. The molecule has 4 nitrogen and oxygen atoms in total. The van der Waals surface area contributed by atoms with Crippen LogP contribution in [0.15, 0.2) is 18.3 Å². The fourth-order valence-corrected chi connectivity index (χ4v) is 2.76. The minimum Gasteiger partial charge on any atom is -0.384 e. The summed E-state index contributed by atoms with van der Waals surface area (Å²) in [6.45, 7) is 5.14. The molecule has 0 aliphatic heterocycles. The van der Waals surface area contributed by atoms with Crippen molar-refractivity contribution in [3.8, 4) is 0 Å². The van der Waals surface area contributed by atoms with Crippen LogP contribution in [-0.4, -0.2) is 23.5 Å². The van der Waals surface area contributed by atoms with E-state index in [0.717, 1.165) is 18.7 Å². The molecule has 1 amide bonds. The van der Waals surface area contributed by atoms with E-state index in [2.05, 4.69) is 29.5 Å². The Morgan fingerprint density at radius 2 is 2.15 bits per heavy atom. The number of aromatic nitrogens is 1. The number of anilines is 1. The van der Waals surface area contributed by atoms with E-state index in [0.29, 0.717) is 11.6 Å². The molecule has 0 radical (unpaired) electrons. The Labute approximate surface area is 121 Å². The molecule has 1 unspecified atom stereocenters. The molecule has 1 aromatic heterocycles. The lowest BCUT2D eigenvalue weighted by atomic mass is 10.00. The maximum absolute atomic E-state index is 12.1. The van der Waals surface area contributed by atoms with Crippen molar-refractivity contribution < 1.29 is 4.79 Å². The van der Waals surface area contributed by atoms with Crippen molar-refractivity contribution in [2.45, 2.75) is 52.0 Å². The molecule has 1 fully saturated rings. The quantitative estimate of drug-likeness (QED) is 0.838. The lowest BCUT2D eigenvalue weighted by molar-refractivity contribution is 0.0922. The summed E-state index contributed by atoms with van der Waals surface area (Å²) in [6, 6.07) is 3.94. The van der Waals surface area contributed by atoms with Crippen LogP contribution >= 0.6 is 0 Å². The molecule has 20 heavy (non-hydrogen) atoms. The molecule has 0 spiro atoms. The minimum absolute atomic E-state index is 0.0635. The number of carbonyl (C=O) groups is 1. The van der Waals surface area contributed by atoms with Gasteiger partial charge in [-0.1, -0.05) is 19.8 Å². The Morgan fingerprint density at radius 1 is 1.40 bits per heavy atom. The Morgan fingerprint density at radius 3 is 2.75 bits per heavy atom. The largest absolute Gasteiger partial charge is 0.384 e. The Kier molecular flexibility index (Phi) is 5.39. The maximum atomic E-state index is 12.1. The first-order valence-corrected chi connectivity index (χ1v) is 7.71. The number of amides is 1. The average Bonchev–Trinajstić information content (AvgIpc) is 3.00. The number of nitrogens with one attached hydrogen (secondary N) is 2. The summed E-state index contributed by atoms with van der Waals surface area (Å²) >= 11 is 0. The van der Waals surface area contributed by atoms with Gasteiger partial charge in [0.2, 0.25) is 0 Å². The second kappa shape index (κ2) is 7.27. The van der Waals surface area contributed by atoms with Crippen LogP contribution in [0, 0.1) is 5.92 Å². The summed E-state index contributed by atoms with van der Waals surface area (Å²) in [5.74, 6) is 0.566. The molecule has 1 heterocycles. The maximum Gasteiger partial charge on any atom is 0.270 e. The van der Waals surface area contributed by atoms with E-state index in [1.54, 1.807) is 12.3 Å². The van der Waals surface area contributed by atoms with Crippen molar-refractivity contribution in [2.75, 3.05) is 11.9 Å². The standard InChI is InChI=1S/C16H25N3O/c1-3-10-17-14-8-9-15(18-11-14)16(20)19-12(2)13-6-4-5-7-13/h8-9,11-13,17H,3-7,10H2,1-2H3,(H,19,20). The molecule has 0 bridgehead atoms. The van der Waals surface area contributed by atoms with Crippen LogP contribution in [0.25, 0.3) is 0 Å². The van der Waals surface area contributed by atoms with Crippen molar-refractivity contribution in [1.29, 1.82) is 0 Å². The van der Waals surface area contributed by atoms with E-state index in [1.165, 1.54) is 25.7 Å². The third-order valence-electron chi connectivity index (χ3n) is 4.04. The van der Waals surface area contributed by atoms with Crippen molar-refractivity contribution in [1.82, 2.24) is 10.3 Å². The van der Waals surface area contributed by atoms with Gasteiger partial charge in [0.25, 0.3) is 5.91 Å². The number of nitrogens with zero attached hydrogens (tertiary/aromatic N) is 1. The van der Waals surface area contributed by atoms with Crippen LogP contribution in [0.2, 0.25) is 0 Å². The highest BCUT2D eigenvalue weighted by atomic mass is 16.1. The lowest BCUT2D eigenvalue weighted by Crippen LogP contribution is -2.37. The molecule has 1 atom stereocenters. The fourth-order valence-electron chi connectivity index (χ4n) is 2.76. The number of hydrogen-bond donors (Lipinski definition) is 2. The normalized spacial score (nSPS) is 16.9. The predicted molar refractivity (Wildman–Crippen MR) is 81.9 cm³/mol. The number of carbonyl (C=O) groups excluding carboxylic acids is 1. The first kappa shape index (κ1) is 14.8. The van der Waals surface area contributed by atoms with Crippen LogP contribution in [0.5, 0.6) is 0 Å². The minimum atomic E-state index is -0.0635. The van der Waals surface area contributed by atoms with Gasteiger partial charge >= 0.3 is 0 Å². The van der Waals surface area contributed by atoms with Crippen LogP contribution in [0.4, 0.5) is 5.69 Å². The molecule has 0 aromatic carbocycles. The zero-order valence-electron chi connectivity index (χ0n) is 12.5. The van der Waals surface area contributed by atoms with Gasteiger partial charge in [0.15, 0.2) is 0 Å². The van der Waals surface area contributed by atoms with Gasteiger partial charge in [0.05, 0.1) is 11.9 Å². The molecule has 110 valence electrons. The Bertz CT molecular complexity index is 424. The summed E-state index contributed by atoms with van der Waals surface area (Å²) < 4.78 is 0. The Hall–Kier alpha value is -1.58. The van der Waals surface area contributed by atoms with E-state index in [9.17, 15) is 4.79 Å². The van der Waals surface area contributed by atoms with E-state index in [-0.39, 0.29) is 11.9 Å². The molecular weight excluding hydrogens is 250 g/mol. The number of pyridine rings is 1. The van der Waals surface area contributed by atoms with Crippen molar-refractivity contribution >= 4 is 11.6 Å². The van der Waals surface area contributed by atoms with Crippen molar-refractivity contribution in [3.63, 3.8) is 0 Å². The number of hydrogen-bond acceptors (Lipinski definition) is 3. The van der Waals surface area contributed by atoms with E-state index in [4.69, 9.17) is 0 Å². The van der Waals surface area contributed by atoms with Gasteiger partial charge in [-0.05, 0) is 44.2 Å². The summed E-state index contributed by atoms with van der Waals surface area (Å²) in [5, 5.41) is 6.33. The van der Waals surface area contributed by atoms with E-state index >= 15 is 0 Å². The highest BCUT2D eigenvalue weighted by Gasteiger charge is 2.23. The predicted octanol–water partition coefficient (Wildman–Crippen LogP) is 3.21. The second-order valence-electron chi connectivity index (χ2n) is 5.67. The summed E-state index contributed by atoms with van der Waals surface area (Å²) in [5.41, 5.74) is 1.46. The molecule has 2 N–H and O–H groups in total. The van der Waals surface area contributed by atoms with Gasteiger partial charge in [-0.15, -0.1) is 0 Å². The van der Waals surface area contributed by atoms with E-state index < -0.39 is 0 Å². The van der Waals surface area contributed by atoms with Crippen molar-refractivity contribution in [3.05, 3.63) is 24.0 Å². The summed E-state index contributed by atoms with van der Waals surface area (Å²) in [7, 11) is 0. The monoisotopic (exact) mass is 275 g/mol. The zero-order chi connectivity index (χ0) is 14.4. The molecule has 1 aromatic rings. The molecule has 4 heteroatoms. The van der Waals surface area contributed by atoms with Crippen LogP contribution in [0.3, 0.4) is 0 Å². The lowest BCUT2D eigenvalue weighted by Gasteiger charge is -2.20. The highest BCUT2D eigenvalue weighted by Crippen LogP contribution is 2.27. The SMILES string of the molecule is CCCNc1ccc(C(=O)NC(C)C2CCCC2)nc1. The molecule has 2 rings (SSSR count). The molecule has 1 aliphatic rings. The topological polar surface area (TPSA) is 54.0 Å². The fraction of sp³-hybridized carbons (Fsp3) is 0.625. The second-order valence-corrected chi connectivity index (χ2v) is 5.67. The van der Waals surface area contributed by atoms with Crippen LogP contribution < -0.4 is 10.6 Å². The van der Waals surface area contributed by atoms with Gasteiger partial charge in [-0.25, -0.2) is 4.98 Å². The van der Waals surface area contributed by atoms with Gasteiger partial charge in [0.1, 0.15) is 5.69 Å². The summed E-state index contributed by atoms with van der Waals surface area (Å²) in [4.78, 5) is 16.4. The van der Waals surface area contributed by atoms with Gasteiger partial charge < -0.3 is 10.6 Å². The third kappa shape index (κ3) is 3.95. The first-order chi connectivity index (χ1) is 9.70. The zero-order valence-corrected chi connectivity index (χ0v) is 12.5. The van der Waals surface area contributed by atoms with Gasteiger partial charge in [-0.2, -0.15) is 0 Å². The molecule has 1 saturated carbocycles. The van der Waals surface area contributed by atoms with Gasteiger partial charge in [-0.3, -0.25) is 4.79 Å². The Balaban J connectivity index is 1.88. The molecule has 0 saturated heterocycles. The van der Waals surface area contributed by atoms with Crippen LogP contribution in [-0.2, 0) is 0 Å². The molecular formula is C16H25N3O. The first-order valence-electron chi connectivity index (χ1n) is 7.71. The van der Waals surface area contributed by atoms with Gasteiger partial charge in [0, 0.05) is 12.6 Å². The summed E-state index contributed by atoms with van der Waals surface area (Å²) in [6.07, 6.45) is 7.84. The van der Waals surface area contributed by atoms with Crippen molar-refractivity contribution in [2.24, 2.45) is 5.92 Å². The third-order valence-corrected chi connectivity index (χ3v) is 4.04. The average molecular weight is 275 g/mol.